The van der Waals surface area contributed by atoms with Crippen LogP contribution in [0.4, 0.5) is 17.6 Å². The predicted octanol–water partition coefficient (Wildman–Crippen LogP) is 5.87. The van der Waals surface area contributed by atoms with Gasteiger partial charge in [-0.05, 0) is 36.8 Å². The van der Waals surface area contributed by atoms with E-state index in [9.17, 15) is 17.6 Å². The van der Waals surface area contributed by atoms with Gasteiger partial charge in [0.15, 0.2) is 5.65 Å². The van der Waals surface area contributed by atoms with Gasteiger partial charge in [-0.3, -0.25) is 0 Å². The fraction of sp³-hybridized carbons (Fsp3) is 0.158. The molecule has 4 rings (SSSR count). The summed E-state index contributed by atoms with van der Waals surface area (Å²) in [6, 6.07) is 10.4. The fourth-order valence-corrected chi connectivity index (χ4v) is 3.77. The summed E-state index contributed by atoms with van der Waals surface area (Å²) >= 11 is 1.39. The van der Waals surface area contributed by atoms with E-state index in [1.807, 2.05) is 13.0 Å². The molecular weight excluding hydrogens is 378 g/mol. The molecule has 138 valence electrons. The SMILES string of the molecule is CCc1ccc(-c2cc(C(F)(F)F)c3cnn(-c4ccccc4F)c3n2)s1. The van der Waals surface area contributed by atoms with Crippen LogP contribution in [0.1, 0.15) is 17.4 Å². The molecule has 27 heavy (non-hydrogen) atoms. The molecule has 0 bridgehead atoms. The Morgan fingerprint density at radius 3 is 2.56 bits per heavy atom. The summed E-state index contributed by atoms with van der Waals surface area (Å²) in [6.07, 6.45) is -2.72. The van der Waals surface area contributed by atoms with Crippen LogP contribution in [0.3, 0.4) is 0 Å². The third kappa shape index (κ3) is 3.10. The zero-order chi connectivity index (χ0) is 19.2. The standard InChI is InChI=1S/C19H13F4N3S/c1-2-11-7-8-17(27-11)15-9-13(19(21,22)23)12-10-24-26(18(12)25-15)16-6-4-3-5-14(16)20/h3-10H,2H2,1H3. The number of alkyl halides is 3. The van der Waals surface area contributed by atoms with Gasteiger partial charge in [0.1, 0.15) is 11.5 Å². The van der Waals surface area contributed by atoms with E-state index in [0.717, 1.165) is 28.2 Å². The van der Waals surface area contributed by atoms with E-state index >= 15 is 0 Å². The predicted molar refractivity (Wildman–Crippen MR) is 96.5 cm³/mol. The molecule has 1 aromatic carbocycles. The largest absolute Gasteiger partial charge is 0.417 e. The van der Waals surface area contributed by atoms with Crippen LogP contribution in [-0.2, 0) is 12.6 Å². The third-order valence-corrected chi connectivity index (χ3v) is 5.44. The second-order valence-electron chi connectivity index (χ2n) is 5.92. The van der Waals surface area contributed by atoms with Crippen LogP contribution in [0, 0.1) is 5.82 Å². The van der Waals surface area contributed by atoms with E-state index in [2.05, 4.69) is 10.1 Å². The molecular formula is C19H13F4N3S. The number of hydrogen-bond acceptors (Lipinski definition) is 3. The van der Waals surface area contributed by atoms with E-state index < -0.39 is 17.6 Å². The Kier molecular flexibility index (Phi) is 4.22. The van der Waals surface area contributed by atoms with E-state index in [1.165, 1.54) is 29.5 Å². The summed E-state index contributed by atoms with van der Waals surface area (Å²) in [5, 5.41) is 3.81. The maximum Gasteiger partial charge on any atom is 0.417 e. The second kappa shape index (κ2) is 6.45. The smallest absolute Gasteiger partial charge is 0.227 e. The first-order valence-corrected chi connectivity index (χ1v) is 9.00. The summed E-state index contributed by atoms with van der Waals surface area (Å²) in [5.41, 5.74) is -0.628. The van der Waals surface area contributed by atoms with Gasteiger partial charge in [0.05, 0.1) is 27.7 Å². The van der Waals surface area contributed by atoms with Crippen molar-refractivity contribution in [3.05, 3.63) is 64.9 Å². The number of benzene rings is 1. The number of aromatic nitrogens is 3. The Labute approximate surface area is 155 Å². The molecule has 3 nitrogen and oxygen atoms in total. The van der Waals surface area contributed by atoms with Crippen molar-refractivity contribution in [2.45, 2.75) is 19.5 Å². The van der Waals surface area contributed by atoms with Gasteiger partial charge in [0.2, 0.25) is 0 Å². The van der Waals surface area contributed by atoms with Crippen molar-refractivity contribution in [2.24, 2.45) is 0 Å². The van der Waals surface area contributed by atoms with Crippen LogP contribution >= 0.6 is 11.3 Å². The molecule has 0 radical (unpaired) electrons. The highest BCUT2D eigenvalue weighted by Crippen LogP contribution is 2.38. The van der Waals surface area contributed by atoms with E-state index in [-0.39, 0.29) is 22.4 Å². The average molecular weight is 391 g/mol. The van der Waals surface area contributed by atoms with Crippen molar-refractivity contribution >= 4 is 22.4 Å². The van der Waals surface area contributed by atoms with Crippen molar-refractivity contribution in [2.75, 3.05) is 0 Å². The lowest BCUT2D eigenvalue weighted by atomic mass is 10.1. The van der Waals surface area contributed by atoms with Crippen molar-refractivity contribution in [3.8, 4) is 16.3 Å². The number of aryl methyl sites for hydroxylation is 1. The van der Waals surface area contributed by atoms with E-state index in [4.69, 9.17) is 0 Å². The first-order valence-electron chi connectivity index (χ1n) is 8.18. The van der Waals surface area contributed by atoms with Gasteiger partial charge in [0.25, 0.3) is 0 Å². The van der Waals surface area contributed by atoms with Gasteiger partial charge in [-0.1, -0.05) is 19.1 Å². The van der Waals surface area contributed by atoms with Gasteiger partial charge in [-0.15, -0.1) is 11.3 Å². The summed E-state index contributed by atoms with van der Waals surface area (Å²) in [5.74, 6) is -0.590. The maximum atomic E-state index is 14.2. The van der Waals surface area contributed by atoms with Crippen LogP contribution in [0.2, 0.25) is 0 Å². The number of thiophene rings is 1. The van der Waals surface area contributed by atoms with Gasteiger partial charge >= 0.3 is 6.18 Å². The minimum Gasteiger partial charge on any atom is -0.227 e. The molecule has 8 heteroatoms. The normalized spacial score (nSPS) is 12.0. The monoisotopic (exact) mass is 391 g/mol. The third-order valence-electron chi connectivity index (χ3n) is 4.19. The summed E-state index contributed by atoms with van der Waals surface area (Å²) in [6.45, 7) is 1.97. The number of pyridine rings is 1. The Morgan fingerprint density at radius 1 is 1.11 bits per heavy atom. The van der Waals surface area contributed by atoms with Crippen molar-refractivity contribution in [1.82, 2.24) is 14.8 Å². The number of hydrogen-bond donors (Lipinski definition) is 0. The zero-order valence-electron chi connectivity index (χ0n) is 14.1. The molecule has 4 aromatic rings. The summed E-state index contributed by atoms with van der Waals surface area (Å²) < 4.78 is 56.2. The van der Waals surface area contributed by atoms with Gasteiger partial charge in [0, 0.05) is 4.88 Å². The molecule has 0 spiro atoms. The first-order chi connectivity index (χ1) is 12.9. The molecule has 0 N–H and O–H groups in total. The number of nitrogens with zero attached hydrogens (tertiary/aromatic N) is 3. The number of halogens is 4. The highest BCUT2D eigenvalue weighted by atomic mass is 32.1. The molecule has 3 aromatic heterocycles. The zero-order valence-corrected chi connectivity index (χ0v) is 14.9. The number of para-hydroxylation sites is 1. The second-order valence-corrected chi connectivity index (χ2v) is 7.09. The highest BCUT2D eigenvalue weighted by Gasteiger charge is 2.35. The van der Waals surface area contributed by atoms with Gasteiger partial charge in [-0.25, -0.2) is 14.1 Å². The van der Waals surface area contributed by atoms with Crippen LogP contribution in [0.25, 0.3) is 27.3 Å². The fourth-order valence-electron chi connectivity index (χ4n) is 2.87. The van der Waals surface area contributed by atoms with Crippen molar-refractivity contribution in [3.63, 3.8) is 0 Å². The molecule has 0 aliphatic carbocycles. The Morgan fingerprint density at radius 2 is 1.89 bits per heavy atom. The Balaban J connectivity index is 2.01. The minimum absolute atomic E-state index is 0.0311. The van der Waals surface area contributed by atoms with E-state index in [1.54, 1.807) is 12.1 Å². The van der Waals surface area contributed by atoms with Gasteiger partial charge < -0.3 is 0 Å². The van der Waals surface area contributed by atoms with Crippen molar-refractivity contribution < 1.29 is 17.6 Å². The van der Waals surface area contributed by atoms with Gasteiger partial charge in [-0.2, -0.15) is 18.3 Å². The maximum absolute atomic E-state index is 14.2. The quantitative estimate of drug-likeness (QED) is 0.409. The van der Waals surface area contributed by atoms with Crippen molar-refractivity contribution in [1.29, 1.82) is 0 Å². The molecule has 0 saturated heterocycles. The van der Waals surface area contributed by atoms with Crippen LogP contribution in [0.15, 0.2) is 48.7 Å². The average Bonchev–Trinajstić information content (AvgIpc) is 3.27. The topological polar surface area (TPSA) is 30.7 Å². The van der Waals surface area contributed by atoms with Crippen LogP contribution < -0.4 is 0 Å². The Hall–Kier alpha value is -2.74. The van der Waals surface area contributed by atoms with Crippen LogP contribution in [0.5, 0.6) is 0 Å². The molecule has 0 amide bonds. The lowest BCUT2D eigenvalue weighted by Crippen LogP contribution is -2.07. The lowest BCUT2D eigenvalue weighted by Gasteiger charge is -2.11. The Bertz CT molecular complexity index is 1130. The molecule has 0 fully saturated rings. The minimum atomic E-state index is -4.58. The summed E-state index contributed by atoms with van der Waals surface area (Å²) in [4.78, 5) is 6.06. The highest BCUT2D eigenvalue weighted by molar-refractivity contribution is 7.15. The summed E-state index contributed by atoms with van der Waals surface area (Å²) in [7, 11) is 0. The molecule has 0 aliphatic rings. The molecule has 0 unspecified atom stereocenters. The lowest BCUT2D eigenvalue weighted by molar-refractivity contribution is -0.136. The molecule has 0 saturated carbocycles. The van der Waals surface area contributed by atoms with E-state index in [0.29, 0.717) is 4.88 Å². The first kappa shape index (κ1) is 17.7. The number of rotatable bonds is 3. The van der Waals surface area contributed by atoms with Crippen LogP contribution in [-0.4, -0.2) is 14.8 Å². The molecule has 3 heterocycles. The molecule has 0 aliphatic heterocycles. The molecule has 0 atom stereocenters. The number of fused-ring (bicyclic) bond motifs is 1.